The predicted molar refractivity (Wildman–Crippen MR) is 157 cm³/mol. The number of carbonyl (C=O) groups is 2. The first-order valence-corrected chi connectivity index (χ1v) is 14.7. The van der Waals surface area contributed by atoms with Crippen molar-refractivity contribution in [2.45, 2.75) is 38.3 Å². The van der Waals surface area contributed by atoms with Gasteiger partial charge in [-0.1, -0.05) is 30.3 Å². The van der Waals surface area contributed by atoms with Gasteiger partial charge in [-0.15, -0.1) is 0 Å². The van der Waals surface area contributed by atoms with Crippen molar-refractivity contribution in [3.8, 4) is 17.2 Å². The van der Waals surface area contributed by atoms with E-state index in [2.05, 4.69) is 5.32 Å². The third-order valence-electron chi connectivity index (χ3n) is 6.37. The summed E-state index contributed by atoms with van der Waals surface area (Å²) in [6.07, 6.45) is 0. The lowest BCUT2D eigenvalue weighted by molar-refractivity contribution is -0.139. The van der Waals surface area contributed by atoms with Crippen molar-refractivity contribution in [1.29, 1.82) is 0 Å². The van der Waals surface area contributed by atoms with Crippen molar-refractivity contribution in [2.24, 2.45) is 0 Å². The van der Waals surface area contributed by atoms with Crippen molar-refractivity contribution < 1.29 is 32.2 Å². The second kappa shape index (κ2) is 14.4. The van der Waals surface area contributed by atoms with Crippen LogP contribution in [-0.2, 0) is 26.2 Å². The number of benzene rings is 3. The van der Waals surface area contributed by atoms with E-state index < -0.39 is 28.5 Å². The molecule has 0 aliphatic rings. The highest BCUT2D eigenvalue weighted by Gasteiger charge is 2.33. The van der Waals surface area contributed by atoms with Crippen molar-refractivity contribution in [1.82, 2.24) is 10.2 Å². The van der Waals surface area contributed by atoms with Crippen LogP contribution in [0.3, 0.4) is 0 Å². The van der Waals surface area contributed by atoms with Crippen LogP contribution >= 0.6 is 0 Å². The molecular weight excluding hydrogens is 546 g/mol. The van der Waals surface area contributed by atoms with Crippen LogP contribution in [-0.4, -0.2) is 65.1 Å². The van der Waals surface area contributed by atoms with Crippen molar-refractivity contribution in [3.63, 3.8) is 0 Å². The summed E-state index contributed by atoms with van der Waals surface area (Å²) in [5.74, 6) is 0.251. The minimum Gasteiger partial charge on any atom is -0.494 e. The van der Waals surface area contributed by atoms with E-state index in [4.69, 9.17) is 14.2 Å². The van der Waals surface area contributed by atoms with Gasteiger partial charge in [0.05, 0.1) is 31.4 Å². The Morgan fingerprint density at radius 3 is 2.15 bits per heavy atom. The van der Waals surface area contributed by atoms with E-state index in [1.807, 2.05) is 37.3 Å². The topological polar surface area (TPSA) is 114 Å². The molecule has 1 N–H and O–H groups in total. The quantitative estimate of drug-likeness (QED) is 0.307. The summed E-state index contributed by atoms with van der Waals surface area (Å²) >= 11 is 0. The third-order valence-corrected chi connectivity index (χ3v) is 8.14. The minimum absolute atomic E-state index is 0.0942. The van der Waals surface area contributed by atoms with Gasteiger partial charge in [0.15, 0.2) is 11.5 Å². The molecule has 3 rings (SSSR count). The molecule has 0 unspecified atom stereocenters. The lowest BCUT2D eigenvalue weighted by atomic mass is 10.1. The Morgan fingerprint density at radius 2 is 1.56 bits per heavy atom. The summed E-state index contributed by atoms with van der Waals surface area (Å²) in [5, 5.41) is 2.74. The summed E-state index contributed by atoms with van der Waals surface area (Å²) in [7, 11) is -1.42. The molecule has 0 radical (unpaired) electrons. The number of anilines is 1. The molecule has 11 heteroatoms. The average Bonchev–Trinajstić information content (AvgIpc) is 2.99. The lowest BCUT2D eigenvalue weighted by Crippen LogP contribution is -2.51. The molecule has 0 fully saturated rings. The Bertz CT molecular complexity index is 1410. The van der Waals surface area contributed by atoms with Gasteiger partial charge in [0.25, 0.3) is 10.0 Å². The zero-order valence-corrected chi connectivity index (χ0v) is 24.8. The standard InChI is InChI=1S/C30H37N3O7S/c1-6-31-30(35)22(3)32(20-23-11-9-8-10-12-23)29(34)21-33(24-13-15-25(16-14-24)40-7-2)41(36,37)26-17-18-27(38-4)28(19-26)39-5/h8-19,22H,6-7,20-21H2,1-5H3,(H,31,35)/t22-/m0/s1. The van der Waals surface area contributed by atoms with Crippen LogP contribution in [0.1, 0.15) is 26.3 Å². The monoisotopic (exact) mass is 583 g/mol. The number of sulfonamides is 1. The van der Waals surface area contributed by atoms with Gasteiger partial charge in [-0.3, -0.25) is 13.9 Å². The van der Waals surface area contributed by atoms with Crippen LogP contribution in [0.2, 0.25) is 0 Å². The van der Waals surface area contributed by atoms with E-state index in [0.29, 0.717) is 24.7 Å². The van der Waals surface area contributed by atoms with Gasteiger partial charge in [-0.05, 0) is 62.7 Å². The fraction of sp³-hybridized carbons (Fsp3) is 0.333. The van der Waals surface area contributed by atoms with Crippen LogP contribution in [0.15, 0.2) is 77.7 Å². The van der Waals surface area contributed by atoms with Crippen molar-refractivity contribution in [3.05, 3.63) is 78.4 Å². The maximum atomic E-state index is 14.1. The second-order valence-corrected chi connectivity index (χ2v) is 10.9. The predicted octanol–water partition coefficient (Wildman–Crippen LogP) is 3.85. The van der Waals surface area contributed by atoms with E-state index in [0.717, 1.165) is 9.87 Å². The van der Waals surface area contributed by atoms with Gasteiger partial charge in [0, 0.05) is 19.2 Å². The van der Waals surface area contributed by atoms with Gasteiger partial charge in [0.1, 0.15) is 18.3 Å². The number of carbonyl (C=O) groups excluding carboxylic acids is 2. The Morgan fingerprint density at radius 1 is 0.902 bits per heavy atom. The maximum absolute atomic E-state index is 14.1. The average molecular weight is 584 g/mol. The molecule has 0 saturated heterocycles. The second-order valence-electron chi connectivity index (χ2n) is 9.03. The highest BCUT2D eigenvalue weighted by molar-refractivity contribution is 7.92. The molecule has 220 valence electrons. The number of methoxy groups -OCH3 is 2. The van der Waals surface area contributed by atoms with Gasteiger partial charge in [0.2, 0.25) is 11.8 Å². The van der Waals surface area contributed by atoms with E-state index in [-0.39, 0.29) is 28.8 Å². The Balaban J connectivity index is 2.07. The third kappa shape index (κ3) is 7.69. The molecule has 0 aliphatic carbocycles. The van der Waals surface area contributed by atoms with Crippen molar-refractivity contribution in [2.75, 3.05) is 38.2 Å². The smallest absolute Gasteiger partial charge is 0.264 e. The molecule has 3 aromatic rings. The zero-order chi connectivity index (χ0) is 30.0. The number of nitrogens with one attached hydrogen (secondary N) is 1. The van der Waals surface area contributed by atoms with E-state index >= 15 is 0 Å². The summed E-state index contributed by atoms with van der Waals surface area (Å²) in [6, 6.07) is 19.0. The Hall–Kier alpha value is -4.25. The number of hydrogen-bond acceptors (Lipinski definition) is 7. The van der Waals surface area contributed by atoms with Crippen LogP contribution in [0.4, 0.5) is 5.69 Å². The number of likely N-dealkylation sites (N-methyl/N-ethyl adjacent to an activating group) is 1. The minimum atomic E-state index is -4.29. The van der Waals surface area contributed by atoms with Crippen LogP contribution in [0.25, 0.3) is 0 Å². The number of nitrogens with zero attached hydrogens (tertiary/aromatic N) is 2. The fourth-order valence-corrected chi connectivity index (χ4v) is 5.62. The normalized spacial score (nSPS) is 11.7. The van der Waals surface area contributed by atoms with Crippen LogP contribution < -0.4 is 23.8 Å². The molecule has 1 atom stereocenters. The summed E-state index contributed by atoms with van der Waals surface area (Å²) in [5.41, 5.74) is 1.05. The van der Waals surface area contributed by atoms with E-state index in [1.54, 1.807) is 38.1 Å². The number of rotatable bonds is 14. The number of hydrogen-bond donors (Lipinski definition) is 1. The SMILES string of the molecule is CCNC(=O)[C@H](C)N(Cc1ccccc1)C(=O)CN(c1ccc(OCC)cc1)S(=O)(=O)c1ccc(OC)c(OC)c1. The highest BCUT2D eigenvalue weighted by Crippen LogP contribution is 2.33. The molecule has 0 bridgehead atoms. The molecule has 0 spiro atoms. The van der Waals surface area contributed by atoms with Gasteiger partial charge in [-0.25, -0.2) is 8.42 Å². The van der Waals surface area contributed by atoms with Gasteiger partial charge >= 0.3 is 0 Å². The molecule has 3 aromatic carbocycles. The maximum Gasteiger partial charge on any atom is 0.264 e. The molecule has 0 aliphatic heterocycles. The van der Waals surface area contributed by atoms with Crippen LogP contribution in [0.5, 0.6) is 17.2 Å². The molecule has 2 amide bonds. The van der Waals surface area contributed by atoms with Crippen LogP contribution in [0, 0.1) is 0 Å². The first-order chi connectivity index (χ1) is 19.7. The van der Waals surface area contributed by atoms with E-state index in [9.17, 15) is 18.0 Å². The van der Waals surface area contributed by atoms with Gasteiger partial charge < -0.3 is 24.4 Å². The number of ether oxygens (including phenoxy) is 3. The van der Waals surface area contributed by atoms with E-state index in [1.165, 1.54) is 37.3 Å². The largest absolute Gasteiger partial charge is 0.494 e. The first kappa shape index (κ1) is 31.3. The summed E-state index contributed by atoms with van der Waals surface area (Å²) < 4.78 is 45.3. The fourth-order valence-electron chi connectivity index (χ4n) is 4.19. The van der Waals surface area contributed by atoms with Gasteiger partial charge in [-0.2, -0.15) is 0 Å². The lowest BCUT2D eigenvalue weighted by Gasteiger charge is -2.32. The Kier molecular flexibility index (Phi) is 11.0. The molecule has 0 saturated carbocycles. The molecule has 0 aromatic heterocycles. The molecule has 41 heavy (non-hydrogen) atoms. The molecular formula is C30H37N3O7S. The zero-order valence-electron chi connectivity index (χ0n) is 24.0. The highest BCUT2D eigenvalue weighted by atomic mass is 32.2. The Labute approximate surface area is 241 Å². The molecule has 10 nitrogen and oxygen atoms in total. The molecule has 0 heterocycles. The summed E-state index contributed by atoms with van der Waals surface area (Å²) in [4.78, 5) is 28.0. The summed E-state index contributed by atoms with van der Waals surface area (Å²) in [6.45, 7) is 5.65. The van der Waals surface area contributed by atoms with Crippen molar-refractivity contribution >= 4 is 27.5 Å². The number of amides is 2. The first-order valence-electron chi connectivity index (χ1n) is 13.2.